The Morgan fingerprint density at radius 1 is 1.12 bits per heavy atom. The van der Waals surface area contributed by atoms with Crippen LogP contribution < -0.4 is 11.1 Å². The van der Waals surface area contributed by atoms with Crippen molar-refractivity contribution in [1.82, 2.24) is 29.7 Å². The fourth-order valence-electron chi connectivity index (χ4n) is 5.43. The topological polar surface area (TPSA) is 111 Å². The Hall–Kier alpha value is -4.34. The molecular formula is C31H33N7O2. The van der Waals surface area contributed by atoms with Gasteiger partial charge in [-0.1, -0.05) is 24.8 Å². The number of hydrogen-bond donors (Lipinski definition) is 2. The number of likely N-dealkylation sites (tertiary alicyclic amines) is 1. The van der Waals surface area contributed by atoms with Gasteiger partial charge in [-0.2, -0.15) is 0 Å². The molecule has 0 unspecified atom stereocenters. The van der Waals surface area contributed by atoms with Crippen molar-refractivity contribution in [2.45, 2.75) is 31.8 Å². The molecular weight excluding hydrogens is 502 g/mol. The number of fused-ring (bicyclic) bond motifs is 1. The van der Waals surface area contributed by atoms with E-state index in [0.717, 1.165) is 67.0 Å². The number of ether oxygens (including phenoxy) is 1. The van der Waals surface area contributed by atoms with Gasteiger partial charge in [-0.05, 0) is 72.9 Å². The zero-order chi connectivity index (χ0) is 27.5. The summed E-state index contributed by atoms with van der Waals surface area (Å²) in [4.78, 5) is 28.4. The van der Waals surface area contributed by atoms with Crippen LogP contribution in [0.25, 0.3) is 33.8 Å². The van der Waals surface area contributed by atoms with E-state index >= 15 is 0 Å². The van der Waals surface area contributed by atoms with Crippen LogP contribution in [0.5, 0.6) is 0 Å². The zero-order valence-electron chi connectivity index (χ0n) is 22.4. The third-order valence-electron chi connectivity index (χ3n) is 7.60. The molecule has 2 aliphatic heterocycles. The van der Waals surface area contributed by atoms with Gasteiger partial charge in [-0.25, -0.2) is 15.0 Å². The molecule has 1 fully saturated rings. The van der Waals surface area contributed by atoms with Gasteiger partial charge in [-0.3, -0.25) is 14.3 Å². The summed E-state index contributed by atoms with van der Waals surface area (Å²) in [6.07, 6.45) is 7.83. The highest BCUT2D eigenvalue weighted by molar-refractivity contribution is 5.87. The third-order valence-corrected chi connectivity index (χ3v) is 7.60. The maximum absolute atomic E-state index is 11.6. The molecule has 5 heterocycles. The summed E-state index contributed by atoms with van der Waals surface area (Å²) in [7, 11) is 0. The third kappa shape index (κ3) is 5.38. The monoisotopic (exact) mass is 535 g/mol. The summed E-state index contributed by atoms with van der Waals surface area (Å²) in [5.74, 6) is 1.04. The largest absolute Gasteiger partial charge is 0.383 e. The predicted octanol–water partition coefficient (Wildman–Crippen LogP) is 4.14. The number of nitrogens with one attached hydrogen (secondary N) is 1. The summed E-state index contributed by atoms with van der Waals surface area (Å²) in [6, 6.07) is 16.6. The highest BCUT2D eigenvalue weighted by Crippen LogP contribution is 2.32. The average Bonchev–Trinajstić information content (AvgIpc) is 3.37. The van der Waals surface area contributed by atoms with Gasteiger partial charge in [0.05, 0.1) is 24.5 Å². The molecule has 0 bridgehead atoms. The molecule has 1 saturated heterocycles. The number of pyridine rings is 2. The number of hydrogen-bond acceptors (Lipinski definition) is 7. The molecule has 0 radical (unpaired) electrons. The number of imidazole rings is 1. The minimum Gasteiger partial charge on any atom is -0.383 e. The molecule has 6 rings (SSSR count). The Morgan fingerprint density at radius 3 is 2.67 bits per heavy atom. The van der Waals surface area contributed by atoms with Crippen LogP contribution in [-0.4, -0.2) is 62.7 Å². The summed E-state index contributed by atoms with van der Waals surface area (Å²) in [5, 5.41) is 3.02. The van der Waals surface area contributed by atoms with Crippen molar-refractivity contribution in [3.63, 3.8) is 0 Å². The smallest absolute Gasteiger partial charge is 0.243 e. The minimum absolute atomic E-state index is 0.0976. The predicted molar refractivity (Wildman–Crippen MR) is 157 cm³/mol. The van der Waals surface area contributed by atoms with E-state index in [1.165, 1.54) is 17.2 Å². The second-order valence-electron chi connectivity index (χ2n) is 10.2. The highest BCUT2D eigenvalue weighted by Gasteiger charge is 2.21. The van der Waals surface area contributed by atoms with Gasteiger partial charge in [-0.15, -0.1) is 0 Å². The first-order valence-electron chi connectivity index (χ1n) is 13.7. The average molecular weight is 536 g/mol. The maximum Gasteiger partial charge on any atom is 0.243 e. The van der Waals surface area contributed by atoms with Gasteiger partial charge in [0, 0.05) is 37.6 Å². The van der Waals surface area contributed by atoms with Gasteiger partial charge < -0.3 is 15.8 Å². The maximum atomic E-state index is 11.6. The molecule has 3 N–H and O–H groups in total. The number of carbonyl (C=O) groups is 1. The molecule has 2 aliphatic rings. The number of piperidine rings is 1. The first-order valence-corrected chi connectivity index (χ1v) is 13.7. The molecule has 9 heteroatoms. The van der Waals surface area contributed by atoms with Crippen LogP contribution in [0.3, 0.4) is 0 Å². The Labute approximate surface area is 233 Å². The molecule has 0 atom stereocenters. The number of nitrogen functional groups attached to an aromatic ring is 1. The lowest BCUT2D eigenvalue weighted by molar-refractivity contribution is -0.117. The second-order valence-corrected chi connectivity index (χ2v) is 10.2. The van der Waals surface area contributed by atoms with E-state index in [1.54, 1.807) is 6.20 Å². The first-order chi connectivity index (χ1) is 19.6. The van der Waals surface area contributed by atoms with Gasteiger partial charge in [0.2, 0.25) is 5.91 Å². The van der Waals surface area contributed by atoms with Crippen molar-refractivity contribution in [2.24, 2.45) is 0 Å². The fourth-order valence-corrected chi connectivity index (χ4v) is 5.43. The molecule has 1 aromatic carbocycles. The van der Waals surface area contributed by atoms with Crippen LogP contribution in [0.2, 0.25) is 0 Å². The van der Waals surface area contributed by atoms with Gasteiger partial charge >= 0.3 is 0 Å². The van der Waals surface area contributed by atoms with E-state index in [2.05, 4.69) is 56.7 Å². The summed E-state index contributed by atoms with van der Waals surface area (Å²) >= 11 is 0. The lowest BCUT2D eigenvalue weighted by atomic mass is 10.0. The van der Waals surface area contributed by atoms with Crippen LogP contribution in [-0.2, 0) is 16.1 Å². The minimum atomic E-state index is -0.0976. The number of anilines is 1. The molecule has 4 aromatic rings. The molecule has 0 aliphatic carbocycles. The number of amides is 1. The van der Waals surface area contributed by atoms with Crippen molar-refractivity contribution < 1.29 is 9.53 Å². The molecule has 204 valence electrons. The van der Waals surface area contributed by atoms with Crippen LogP contribution in [0.4, 0.5) is 5.82 Å². The quantitative estimate of drug-likeness (QED) is 0.342. The van der Waals surface area contributed by atoms with Gasteiger partial charge in [0.15, 0.2) is 11.5 Å². The Morgan fingerprint density at radius 2 is 1.95 bits per heavy atom. The van der Waals surface area contributed by atoms with Crippen molar-refractivity contribution in [3.05, 3.63) is 84.7 Å². The normalized spacial score (nSPS) is 16.6. The number of nitrogens with zero attached hydrogens (tertiary/aromatic N) is 5. The molecule has 0 saturated carbocycles. The standard InChI is InChI=1S/C31H33N7O2/c1-2-28(39)34-23-11-16-37(17-12-23)20-21-5-7-24(8-6-21)38-30(25-4-3-15-33-29(25)32)36-27-10-9-26(35-31(27)38)22-13-18-40-19-14-22/h2-10,13,15,23H,1,11-12,14,16-20H2,(H2,32,33)(H,34,39). The van der Waals surface area contributed by atoms with Crippen molar-refractivity contribution in [2.75, 3.05) is 32.0 Å². The Bertz CT molecular complexity index is 1570. The van der Waals surface area contributed by atoms with Crippen molar-refractivity contribution in [1.29, 1.82) is 0 Å². The molecule has 3 aromatic heterocycles. The summed E-state index contributed by atoms with van der Waals surface area (Å²) in [5.41, 5.74) is 12.9. The Balaban J connectivity index is 1.30. The molecule has 0 spiro atoms. The molecule has 9 nitrogen and oxygen atoms in total. The van der Waals surface area contributed by atoms with E-state index in [-0.39, 0.29) is 11.9 Å². The molecule has 1 amide bonds. The van der Waals surface area contributed by atoms with Gasteiger partial charge in [0.1, 0.15) is 11.3 Å². The van der Waals surface area contributed by atoms with E-state index in [4.69, 9.17) is 20.4 Å². The zero-order valence-corrected chi connectivity index (χ0v) is 22.4. The van der Waals surface area contributed by atoms with E-state index in [9.17, 15) is 4.79 Å². The van der Waals surface area contributed by atoms with Crippen molar-refractivity contribution in [3.8, 4) is 17.1 Å². The highest BCUT2D eigenvalue weighted by atomic mass is 16.5. The Kier molecular flexibility index (Phi) is 7.39. The first kappa shape index (κ1) is 25.9. The number of benzene rings is 1. The number of carbonyl (C=O) groups excluding carboxylic acids is 1. The number of aromatic nitrogens is 4. The van der Waals surface area contributed by atoms with Crippen LogP contribution in [0.15, 0.2) is 73.5 Å². The van der Waals surface area contributed by atoms with Crippen molar-refractivity contribution >= 4 is 28.5 Å². The van der Waals surface area contributed by atoms with Crippen LogP contribution in [0.1, 0.15) is 30.5 Å². The van der Waals surface area contributed by atoms with Crippen LogP contribution >= 0.6 is 0 Å². The SMILES string of the molecule is C=CC(=O)NC1CCN(Cc2ccc(-n3c(-c4cccnc4N)nc4ccc(C5=CCOCC5)nc43)cc2)CC1. The van der Waals surface area contributed by atoms with E-state index in [0.29, 0.717) is 24.9 Å². The molecule has 40 heavy (non-hydrogen) atoms. The number of nitrogens with two attached hydrogens (primary N) is 1. The van der Waals surface area contributed by atoms with E-state index < -0.39 is 0 Å². The van der Waals surface area contributed by atoms with Crippen LogP contribution in [0, 0.1) is 0 Å². The summed E-state index contributed by atoms with van der Waals surface area (Å²) < 4.78 is 7.57. The number of rotatable bonds is 7. The lowest BCUT2D eigenvalue weighted by Gasteiger charge is -2.32. The summed E-state index contributed by atoms with van der Waals surface area (Å²) in [6.45, 7) is 7.58. The second kappa shape index (κ2) is 11.4. The van der Waals surface area contributed by atoms with Gasteiger partial charge in [0.25, 0.3) is 0 Å². The van der Waals surface area contributed by atoms with E-state index in [1.807, 2.05) is 24.3 Å². The fraction of sp³-hybridized carbons (Fsp3) is 0.290. The lowest BCUT2D eigenvalue weighted by Crippen LogP contribution is -2.43.